The van der Waals surface area contributed by atoms with Crippen LogP contribution in [0.15, 0.2) is 39.6 Å². The number of hydrogen-bond acceptors (Lipinski definition) is 8. The zero-order valence-electron chi connectivity index (χ0n) is 23.9. The molecule has 2 aromatic heterocycles. The van der Waals surface area contributed by atoms with Crippen LogP contribution in [-0.2, 0) is 22.6 Å². The Morgan fingerprint density at radius 2 is 1.90 bits per heavy atom. The number of carbonyl (C=O) groups excluding carboxylic acids is 2. The molecule has 2 amide bonds. The Balaban J connectivity index is 1.46. The minimum atomic E-state index is -0.0674. The molecule has 1 N–H and O–H groups in total. The van der Waals surface area contributed by atoms with Crippen LogP contribution in [0.25, 0.3) is 10.2 Å². The van der Waals surface area contributed by atoms with Gasteiger partial charge in [-0.05, 0) is 54.8 Å². The number of nitrogens with one attached hydrogen (secondary N) is 1. The Morgan fingerprint density at radius 1 is 1.10 bits per heavy atom. The fourth-order valence-corrected chi connectivity index (χ4v) is 5.93. The van der Waals surface area contributed by atoms with Gasteiger partial charge in [0.05, 0.1) is 25.5 Å². The Morgan fingerprint density at radius 3 is 2.65 bits per heavy atom. The van der Waals surface area contributed by atoms with E-state index in [-0.39, 0.29) is 23.1 Å². The molecular formula is C29H40N4O5S2. The lowest BCUT2D eigenvalue weighted by molar-refractivity contribution is -0.127. The maximum absolute atomic E-state index is 13.2. The molecule has 0 saturated carbocycles. The first kappa shape index (κ1) is 31.5. The van der Waals surface area contributed by atoms with Gasteiger partial charge in [-0.25, -0.2) is 4.98 Å². The zero-order chi connectivity index (χ0) is 28.9. The zero-order valence-corrected chi connectivity index (χ0v) is 25.5. The third kappa shape index (κ3) is 8.99. The number of aromatic nitrogens is 2. The Hall–Kier alpha value is -3.05. The highest BCUT2D eigenvalue weighted by atomic mass is 32.2. The number of ether oxygens (including phenoxy) is 2. The second-order valence-electron chi connectivity index (χ2n) is 9.54. The first-order valence-corrected chi connectivity index (χ1v) is 15.6. The Bertz CT molecular complexity index is 1320. The average molecular weight is 589 g/mol. The summed E-state index contributed by atoms with van der Waals surface area (Å²) in [7, 11) is 5.02. The fraction of sp³-hybridized carbons (Fsp3) is 0.517. The van der Waals surface area contributed by atoms with Gasteiger partial charge in [-0.15, -0.1) is 11.3 Å². The normalized spacial score (nSPS) is 11.0. The summed E-state index contributed by atoms with van der Waals surface area (Å²) in [4.78, 5) is 44.5. The predicted octanol–water partition coefficient (Wildman–Crippen LogP) is 4.75. The van der Waals surface area contributed by atoms with Crippen LogP contribution < -0.4 is 20.3 Å². The van der Waals surface area contributed by atoms with Gasteiger partial charge in [-0.2, -0.15) is 0 Å². The van der Waals surface area contributed by atoms with Crippen LogP contribution in [0.2, 0.25) is 0 Å². The maximum Gasteiger partial charge on any atom is 0.272 e. The van der Waals surface area contributed by atoms with Crippen molar-refractivity contribution in [3.8, 4) is 11.5 Å². The van der Waals surface area contributed by atoms with Crippen LogP contribution in [0.1, 0.15) is 51.0 Å². The number of methoxy groups -OCH3 is 2. The van der Waals surface area contributed by atoms with Crippen molar-refractivity contribution in [2.45, 2.75) is 63.6 Å². The maximum atomic E-state index is 13.2. The van der Waals surface area contributed by atoms with Crippen molar-refractivity contribution in [2.24, 2.45) is 0 Å². The lowest BCUT2D eigenvalue weighted by Gasteiger charge is -2.17. The molecule has 1 aromatic carbocycles. The molecule has 9 nitrogen and oxygen atoms in total. The second kappa shape index (κ2) is 16.3. The SMILES string of the molecule is CCCCN(C)C(=O)CSc1nc2ccsc2c(=O)n1CCCCCC(=O)NCCc1ccc(OC)c(OC)c1. The number of amides is 2. The van der Waals surface area contributed by atoms with E-state index in [4.69, 9.17) is 9.47 Å². The Labute approximate surface area is 244 Å². The summed E-state index contributed by atoms with van der Waals surface area (Å²) in [6, 6.07) is 7.59. The molecule has 0 bridgehead atoms. The lowest BCUT2D eigenvalue weighted by atomic mass is 10.1. The lowest BCUT2D eigenvalue weighted by Crippen LogP contribution is -2.30. The fourth-order valence-electron chi connectivity index (χ4n) is 4.19. The second-order valence-corrected chi connectivity index (χ2v) is 11.4. The Kier molecular flexibility index (Phi) is 12.8. The van der Waals surface area contributed by atoms with E-state index in [2.05, 4.69) is 17.2 Å². The highest BCUT2D eigenvalue weighted by Gasteiger charge is 2.16. The van der Waals surface area contributed by atoms with Crippen molar-refractivity contribution in [2.75, 3.05) is 40.1 Å². The number of benzene rings is 1. The van der Waals surface area contributed by atoms with E-state index in [0.717, 1.165) is 44.2 Å². The molecule has 0 atom stereocenters. The largest absolute Gasteiger partial charge is 0.493 e. The van der Waals surface area contributed by atoms with Gasteiger partial charge < -0.3 is 19.7 Å². The van der Waals surface area contributed by atoms with Crippen LogP contribution in [-0.4, -0.2) is 66.4 Å². The summed E-state index contributed by atoms with van der Waals surface area (Å²) in [6.07, 6.45) is 5.41. The van der Waals surface area contributed by atoms with Gasteiger partial charge in [0.15, 0.2) is 16.7 Å². The number of fused-ring (bicyclic) bond motifs is 1. The van der Waals surface area contributed by atoms with E-state index in [1.165, 1.54) is 23.1 Å². The molecule has 40 heavy (non-hydrogen) atoms. The van der Waals surface area contributed by atoms with Crippen LogP contribution in [0.5, 0.6) is 11.5 Å². The van der Waals surface area contributed by atoms with Crippen molar-refractivity contribution in [3.63, 3.8) is 0 Å². The van der Waals surface area contributed by atoms with Crippen molar-refractivity contribution >= 4 is 45.1 Å². The van der Waals surface area contributed by atoms with E-state index in [1.54, 1.807) is 23.7 Å². The third-order valence-electron chi connectivity index (χ3n) is 6.60. The first-order valence-electron chi connectivity index (χ1n) is 13.7. The molecule has 0 unspecified atom stereocenters. The van der Waals surface area contributed by atoms with Crippen LogP contribution in [0.4, 0.5) is 0 Å². The van der Waals surface area contributed by atoms with Gasteiger partial charge >= 0.3 is 0 Å². The highest BCUT2D eigenvalue weighted by molar-refractivity contribution is 7.99. The molecular weight excluding hydrogens is 548 g/mol. The molecule has 0 saturated heterocycles. The molecule has 0 fully saturated rings. The number of carbonyl (C=O) groups is 2. The third-order valence-corrected chi connectivity index (χ3v) is 8.45. The average Bonchev–Trinajstić information content (AvgIpc) is 3.44. The standard InChI is InChI=1S/C29H40N4O5S2/c1-5-6-16-32(2)26(35)20-40-29-31-22-14-18-39-27(22)28(36)33(29)17-9-7-8-10-25(34)30-15-13-21-11-12-23(37-3)24(19-21)38-4/h11-12,14,18-19H,5-10,13,15-17,20H2,1-4H3,(H,30,34). The van der Waals surface area contributed by atoms with Crippen molar-refractivity contribution in [3.05, 3.63) is 45.6 Å². The summed E-state index contributed by atoms with van der Waals surface area (Å²) in [5.41, 5.74) is 1.66. The topological polar surface area (TPSA) is 103 Å². The molecule has 3 aromatic rings. The molecule has 0 aliphatic rings. The van der Waals surface area contributed by atoms with E-state index in [9.17, 15) is 14.4 Å². The van der Waals surface area contributed by atoms with E-state index in [0.29, 0.717) is 52.8 Å². The monoisotopic (exact) mass is 588 g/mol. The highest BCUT2D eigenvalue weighted by Crippen LogP contribution is 2.27. The molecule has 11 heteroatoms. The number of thioether (sulfide) groups is 1. The smallest absolute Gasteiger partial charge is 0.272 e. The van der Waals surface area contributed by atoms with Crippen molar-refractivity contribution in [1.29, 1.82) is 0 Å². The molecule has 0 aliphatic carbocycles. The number of hydrogen-bond donors (Lipinski definition) is 1. The van der Waals surface area contributed by atoms with Gasteiger partial charge in [-0.1, -0.05) is 37.6 Å². The van der Waals surface area contributed by atoms with Gasteiger partial charge in [-0.3, -0.25) is 19.0 Å². The van der Waals surface area contributed by atoms with Gasteiger partial charge in [0.2, 0.25) is 11.8 Å². The minimum absolute atomic E-state index is 0.0151. The van der Waals surface area contributed by atoms with E-state index in [1.807, 2.05) is 36.7 Å². The molecule has 0 radical (unpaired) electrons. The summed E-state index contributed by atoms with van der Waals surface area (Å²) >= 11 is 2.70. The quantitative estimate of drug-likeness (QED) is 0.138. The summed E-state index contributed by atoms with van der Waals surface area (Å²) in [6.45, 7) is 3.87. The summed E-state index contributed by atoms with van der Waals surface area (Å²) in [5.74, 6) is 1.64. The summed E-state index contributed by atoms with van der Waals surface area (Å²) < 4.78 is 12.9. The van der Waals surface area contributed by atoms with Crippen LogP contribution in [0.3, 0.4) is 0 Å². The van der Waals surface area contributed by atoms with E-state index < -0.39 is 0 Å². The van der Waals surface area contributed by atoms with Gasteiger partial charge in [0.1, 0.15) is 4.70 Å². The van der Waals surface area contributed by atoms with Crippen LogP contribution in [0, 0.1) is 0 Å². The summed E-state index contributed by atoms with van der Waals surface area (Å²) in [5, 5.41) is 5.41. The molecule has 0 spiro atoms. The van der Waals surface area contributed by atoms with Gasteiger partial charge in [0.25, 0.3) is 5.56 Å². The molecule has 218 valence electrons. The number of unbranched alkanes of at least 4 members (excludes halogenated alkanes) is 3. The molecule has 2 heterocycles. The predicted molar refractivity (Wildman–Crippen MR) is 162 cm³/mol. The molecule has 0 aliphatic heterocycles. The van der Waals surface area contributed by atoms with Crippen molar-refractivity contribution < 1.29 is 19.1 Å². The van der Waals surface area contributed by atoms with Crippen LogP contribution >= 0.6 is 23.1 Å². The number of thiophene rings is 1. The molecule has 3 rings (SSSR count). The minimum Gasteiger partial charge on any atom is -0.493 e. The number of rotatable bonds is 17. The van der Waals surface area contributed by atoms with E-state index >= 15 is 0 Å². The van der Waals surface area contributed by atoms with Gasteiger partial charge in [0, 0.05) is 33.1 Å². The first-order chi connectivity index (χ1) is 19.4. The number of nitrogens with zero attached hydrogens (tertiary/aromatic N) is 3. The van der Waals surface area contributed by atoms with Crippen molar-refractivity contribution in [1.82, 2.24) is 19.8 Å².